The Hall–Kier alpha value is -2.87. The highest BCUT2D eigenvalue weighted by Crippen LogP contribution is 2.39. The van der Waals surface area contributed by atoms with Gasteiger partial charge < -0.3 is 19.9 Å². The van der Waals surface area contributed by atoms with Crippen LogP contribution < -0.4 is 19.9 Å². The standard InChI is InChI=1S/C15H12N2O3/c16-9-10-1-3-11(4-2-10)20-13-8-15-14(7-12(13)17)18-5-6-19-15/h1-4,7-8H,5-6,17H2. The van der Waals surface area contributed by atoms with Crippen molar-refractivity contribution in [3.8, 4) is 29.1 Å². The summed E-state index contributed by atoms with van der Waals surface area (Å²) in [5.74, 6) is 2.35. The van der Waals surface area contributed by atoms with E-state index in [1.165, 1.54) is 0 Å². The van der Waals surface area contributed by atoms with Crippen molar-refractivity contribution in [1.82, 2.24) is 0 Å². The molecular weight excluding hydrogens is 256 g/mol. The first kappa shape index (κ1) is 12.2. The van der Waals surface area contributed by atoms with Crippen LogP contribution in [-0.2, 0) is 0 Å². The number of nitrogens with two attached hydrogens (primary N) is 1. The second-order valence-corrected chi connectivity index (χ2v) is 4.27. The van der Waals surface area contributed by atoms with Gasteiger partial charge in [0.2, 0.25) is 0 Å². The van der Waals surface area contributed by atoms with Gasteiger partial charge in [0.15, 0.2) is 17.2 Å². The van der Waals surface area contributed by atoms with Crippen molar-refractivity contribution in [2.75, 3.05) is 18.9 Å². The first-order valence-corrected chi connectivity index (χ1v) is 6.13. The molecule has 2 aromatic carbocycles. The van der Waals surface area contributed by atoms with Gasteiger partial charge in [0.05, 0.1) is 17.3 Å². The number of nitrogen functional groups attached to an aromatic ring is 1. The zero-order chi connectivity index (χ0) is 13.9. The van der Waals surface area contributed by atoms with Crippen LogP contribution in [0, 0.1) is 11.3 Å². The molecule has 100 valence electrons. The monoisotopic (exact) mass is 268 g/mol. The van der Waals surface area contributed by atoms with Crippen molar-refractivity contribution in [3.63, 3.8) is 0 Å². The maximum absolute atomic E-state index is 8.75. The second kappa shape index (κ2) is 5.02. The van der Waals surface area contributed by atoms with Crippen LogP contribution in [0.25, 0.3) is 0 Å². The molecule has 0 aromatic heterocycles. The van der Waals surface area contributed by atoms with E-state index in [4.69, 9.17) is 25.2 Å². The highest BCUT2D eigenvalue weighted by molar-refractivity contribution is 5.63. The largest absolute Gasteiger partial charge is 0.486 e. The predicted molar refractivity (Wildman–Crippen MR) is 73.1 cm³/mol. The maximum Gasteiger partial charge on any atom is 0.165 e. The number of nitrogens with zero attached hydrogens (tertiary/aromatic N) is 1. The molecule has 0 saturated carbocycles. The molecule has 5 heteroatoms. The number of rotatable bonds is 2. The average molecular weight is 268 g/mol. The van der Waals surface area contributed by atoms with Gasteiger partial charge in [-0.3, -0.25) is 0 Å². The van der Waals surface area contributed by atoms with Gasteiger partial charge in [-0.2, -0.15) is 5.26 Å². The SMILES string of the molecule is N#Cc1ccc(Oc2cc3c(cc2N)OCCO3)cc1. The van der Waals surface area contributed by atoms with E-state index < -0.39 is 0 Å². The molecule has 0 bridgehead atoms. The van der Waals surface area contributed by atoms with E-state index in [1.54, 1.807) is 36.4 Å². The lowest BCUT2D eigenvalue weighted by atomic mass is 10.2. The van der Waals surface area contributed by atoms with Crippen molar-refractivity contribution in [3.05, 3.63) is 42.0 Å². The molecule has 0 unspecified atom stereocenters. The van der Waals surface area contributed by atoms with Crippen LogP contribution in [0.4, 0.5) is 5.69 Å². The third-order valence-corrected chi connectivity index (χ3v) is 2.89. The first-order valence-electron chi connectivity index (χ1n) is 6.13. The fraction of sp³-hybridized carbons (Fsp3) is 0.133. The molecule has 3 rings (SSSR count). The van der Waals surface area contributed by atoms with Gasteiger partial charge in [-0.15, -0.1) is 0 Å². The Labute approximate surface area is 116 Å². The molecule has 1 heterocycles. The fourth-order valence-corrected chi connectivity index (χ4v) is 1.90. The van der Waals surface area contributed by atoms with E-state index in [-0.39, 0.29) is 0 Å². The van der Waals surface area contributed by atoms with E-state index in [2.05, 4.69) is 6.07 Å². The van der Waals surface area contributed by atoms with Gasteiger partial charge in [-0.05, 0) is 24.3 Å². The number of anilines is 1. The van der Waals surface area contributed by atoms with Crippen LogP contribution >= 0.6 is 0 Å². The summed E-state index contributed by atoms with van der Waals surface area (Å²) in [6.07, 6.45) is 0. The Bertz CT molecular complexity index is 675. The minimum Gasteiger partial charge on any atom is -0.486 e. The van der Waals surface area contributed by atoms with E-state index in [9.17, 15) is 0 Å². The molecule has 2 aromatic rings. The summed E-state index contributed by atoms with van der Waals surface area (Å²) < 4.78 is 16.6. The molecule has 5 nitrogen and oxygen atoms in total. The normalized spacial score (nSPS) is 12.6. The summed E-state index contributed by atoms with van der Waals surface area (Å²) in [5.41, 5.74) is 6.98. The van der Waals surface area contributed by atoms with Crippen LogP contribution in [0.15, 0.2) is 36.4 Å². The summed E-state index contributed by atoms with van der Waals surface area (Å²) >= 11 is 0. The third kappa shape index (κ3) is 2.31. The van der Waals surface area contributed by atoms with Crippen molar-refractivity contribution >= 4 is 5.69 Å². The maximum atomic E-state index is 8.75. The molecule has 1 aliphatic rings. The molecule has 0 atom stereocenters. The number of nitriles is 1. The zero-order valence-corrected chi connectivity index (χ0v) is 10.6. The molecule has 2 N–H and O–H groups in total. The molecule has 0 saturated heterocycles. The van der Waals surface area contributed by atoms with Crippen molar-refractivity contribution in [1.29, 1.82) is 5.26 Å². The zero-order valence-electron chi connectivity index (χ0n) is 10.6. The lowest BCUT2D eigenvalue weighted by Crippen LogP contribution is -2.15. The first-order chi connectivity index (χ1) is 9.76. The summed E-state index contributed by atoms with van der Waals surface area (Å²) in [5, 5.41) is 8.75. The summed E-state index contributed by atoms with van der Waals surface area (Å²) in [6.45, 7) is 1.02. The van der Waals surface area contributed by atoms with Crippen molar-refractivity contribution in [2.45, 2.75) is 0 Å². The third-order valence-electron chi connectivity index (χ3n) is 2.89. The summed E-state index contributed by atoms with van der Waals surface area (Å²) in [7, 11) is 0. The lowest BCUT2D eigenvalue weighted by molar-refractivity contribution is 0.171. The van der Waals surface area contributed by atoms with Gasteiger partial charge in [0.1, 0.15) is 19.0 Å². The smallest absolute Gasteiger partial charge is 0.165 e. The molecule has 1 aliphatic heterocycles. The molecular formula is C15H12N2O3. The van der Waals surface area contributed by atoms with Crippen molar-refractivity contribution in [2.24, 2.45) is 0 Å². The molecule has 20 heavy (non-hydrogen) atoms. The van der Waals surface area contributed by atoms with E-state index in [0.717, 1.165) is 0 Å². The number of benzene rings is 2. The highest BCUT2D eigenvalue weighted by Gasteiger charge is 2.15. The molecule has 0 fully saturated rings. The minimum absolute atomic E-state index is 0.471. The summed E-state index contributed by atoms with van der Waals surface area (Å²) in [6, 6.07) is 12.3. The number of ether oxygens (including phenoxy) is 3. The quantitative estimate of drug-likeness (QED) is 0.847. The Morgan fingerprint density at radius 3 is 2.35 bits per heavy atom. The predicted octanol–water partition coefficient (Wildman–Crippen LogP) is 2.70. The van der Waals surface area contributed by atoms with Crippen LogP contribution in [0.2, 0.25) is 0 Å². The fourth-order valence-electron chi connectivity index (χ4n) is 1.90. The van der Waals surface area contributed by atoms with Crippen LogP contribution in [0.3, 0.4) is 0 Å². The van der Waals surface area contributed by atoms with Gasteiger partial charge >= 0.3 is 0 Å². The summed E-state index contributed by atoms with van der Waals surface area (Å²) in [4.78, 5) is 0. The molecule has 0 aliphatic carbocycles. The number of hydrogen-bond donors (Lipinski definition) is 1. The molecule has 0 spiro atoms. The average Bonchev–Trinajstić information content (AvgIpc) is 2.49. The van der Waals surface area contributed by atoms with E-state index in [0.29, 0.717) is 47.5 Å². The van der Waals surface area contributed by atoms with Gasteiger partial charge in [0, 0.05) is 12.1 Å². The Balaban J connectivity index is 1.88. The topological polar surface area (TPSA) is 77.5 Å². The molecule has 0 radical (unpaired) electrons. The second-order valence-electron chi connectivity index (χ2n) is 4.27. The van der Waals surface area contributed by atoms with E-state index in [1.807, 2.05) is 0 Å². The number of hydrogen-bond acceptors (Lipinski definition) is 5. The van der Waals surface area contributed by atoms with Gasteiger partial charge in [-0.1, -0.05) is 0 Å². The van der Waals surface area contributed by atoms with Crippen molar-refractivity contribution < 1.29 is 14.2 Å². The molecule has 0 amide bonds. The Morgan fingerprint density at radius 2 is 1.70 bits per heavy atom. The van der Waals surface area contributed by atoms with Crippen LogP contribution in [0.1, 0.15) is 5.56 Å². The number of fused-ring (bicyclic) bond motifs is 1. The lowest BCUT2D eigenvalue weighted by Gasteiger charge is -2.20. The highest BCUT2D eigenvalue weighted by atomic mass is 16.6. The van der Waals surface area contributed by atoms with Gasteiger partial charge in [-0.25, -0.2) is 0 Å². The van der Waals surface area contributed by atoms with Gasteiger partial charge in [0.25, 0.3) is 0 Å². The van der Waals surface area contributed by atoms with Crippen LogP contribution in [-0.4, -0.2) is 13.2 Å². The van der Waals surface area contributed by atoms with E-state index >= 15 is 0 Å². The van der Waals surface area contributed by atoms with Crippen LogP contribution in [0.5, 0.6) is 23.0 Å². The Morgan fingerprint density at radius 1 is 1.05 bits per heavy atom. The Kier molecular flexibility index (Phi) is 3.05. The minimum atomic E-state index is 0.471.